The molecule has 22 heavy (non-hydrogen) atoms. The fourth-order valence-electron chi connectivity index (χ4n) is 4.78. The lowest BCUT2D eigenvalue weighted by molar-refractivity contribution is -0.130. The molecule has 126 valence electrons. The van der Waals surface area contributed by atoms with E-state index in [9.17, 15) is 4.79 Å². The third-order valence-corrected chi connectivity index (χ3v) is 6.12. The second-order valence-corrected chi connectivity index (χ2v) is 7.81. The van der Waals surface area contributed by atoms with Crippen LogP contribution < -0.4 is 0 Å². The van der Waals surface area contributed by atoms with Crippen molar-refractivity contribution in [3.63, 3.8) is 0 Å². The Morgan fingerprint density at radius 3 is 2.32 bits per heavy atom. The largest absolute Gasteiger partial charge is 0.340 e. The van der Waals surface area contributed by atoms with Crippen LogP contribution in [0.5, 0.6) is 0 Å². The maximum atomic E-state index is 11.5. The maximum absolute atomic E-state index is 11.5. The molecule has 0 N–H and O–H groups in total. The first-order valence-electron chi connectivity index (χ1n) is 9.35. The normalized spacial score (nSPS) is 32.5. The van der Waals surface area contributed by atoms with Gasteiger partial charge in [-0.2, -0.15) is 0 Å². The lowest BCUT2D eigenvalue weighted by atomic mass is 9.89. The van der Waals surface area contributed by atoms with E-state index in [1.807, 2.05) is 4.90 Å². The molecule has 2 saturated heterocycles. The van der Waals surface area contributed by atoms with Crippen LogP contribution in [0.15, 0.2) is 0 Å². The molecule has 2 aliphatic heterocycles. The molecule has 3 aliphatic rings. The number of piperazine rings is 1. The van der Waals surface area contributed by atoms with Gasteiger partial charge in [-0.05, 0) is 24.7 Å². The van der Waals surface area contributed by atoms with Crippen LogP contribution in [-0.2, 0) is 4.79 Å². The molecule has 1 aliphatic carbocycles. The van der Waals surface area contributed by atoms with Crippen molar-refractivity contribution in [1.29, 1.82) is 0 Å². The maximum Gasteiger partial charge on any atom is 0.219 e. The SMILES string of the molecule is CC(=O)N1CCN([C@@H]2CN(CC3CCCCC3)C[C@H]2C)CC1. The molecule has 0 bridgehead atoms. The van der Waals surface area contributed by atoms with E-state index in [0.29, 0.717) is 6.04 Å². The van der Waals surface area contributed by atoms with E-state index < -0.39 is 0 Å². The highest BCUT2D eigenvalue weighted by Gasteiger charge is 2.36. The van der Waals surface area contributed by atoms with Crippen molar-refractivity contribution in [3.8, 4) is 0 Å². The van der Waals surface area contributed by atoms with Gasteiger partial charge in [-0.1, -0.05) is 26.2 Å². The van der Waals surface area contributed by atoms with Crippen molar-refractivity contribution >= 4 is 5.91 Å². The predicted molar refractivity (Wildman–Crippen MR) is 89.8 cm³/mol. The Morgan fingerprint density at radius 2 is 1.68 bits per heavy atom. The number of likely N-dealkylation sites (tertiary alicyclic amines) is 1. The first-order chi connectivity index (χ1) is 10.6. The molecule has 4 nitrogen and oxygen atoms in total. The lowest BCUT2D eigenvalue weighted by Crippen LogP contribution is -2.53. The summed E-state index contributed by atoms with van der Waals surface area (Å²) in [4.78, 5) is 18.8. The first-order valence-corrected chi connectivity index (χ1v) is 9.35. The minimum absolute atomic E-state index is 0.234. The van der Waals surface area contributed by atoms with Crippen molar-refractivity contribution in [3.05, 3.63) is 0 Å². The minimum atomic E-state index is 0.234. The molecule has 2 atom stereocenters. The van der Waals surface area contributed by atoms with Crippen molar-refractivity contribution in [2.45, 2.75) is 52.0 Å². The Balaban J connectivity index is 1.47. The molecule has 0 spiro atoms. The van der Waals surface area contributed by atoms with Crippen LogP contribution in [0.1, 0.15) is 46.0 Å². The molecule has 1 amide bonds. The summed E-state index contributed by atoms with van der Waals surface area (Å²) in [6, 6.07) is 0.706. The van der Waals surface area contributed by atoms with Gasteiger partial charge < -0.3 is 9.80 Å². The second-order valence-electron chi connectivity index (χ2n) is 7.81. The molecule has 0 unspecified atom stereocenters. The molecule has 0 aromatic carbocycles. The van der Waals surface area contributed by atoms with Crippen LogP contribution in [0.2, 0.25) is 0 Å². The molecule has 3 fully saturated rings. The van der Waals surface area contributed by atoms with Gasteiger partial charge in [0.15, 0.2) is 0 Å². The van der Waals surface area contributed by atoms with Gasteiger partial charge in [-0.15, -0.1) is 0 Å². The highest BCUT2D eigenvalue weighted by atomic mass is 16.2. The zero-order valence-electron chi connectivity index (χ0n) is 14.5. The Hall–Kier alpha value is -0.610. The van der Waals surface area contributed by atoms with Crippen LogP contribution in [0.3, 0.4) is 0 Å². The highest BCUT2D eigenvalue weighted by Crippen LogP contribution is 2.28. The van der Waals surface area contributed by atoms with Crippen LogP contribution in [0.4, 0.5) is 0 Å². The molecule has 2 heterocycles. The number of rotatable bonds is 3. The zero-order chi connectivity index (χ0) is 15.5. The predicted octanol–water partition coefficient (Wildman–Crippen LogP) is 2.05. The molecular weight excluding hydrogens is 274 g/mol. The van der Waals surface area contributed by atoms with Gasteiger partial charge >= 0.3 is 0 Å². The Morgan fingerprint density at radius 1 is 1.00 bits per heavy atom. The van der Waals surface area contributed by atoms with E-state index in [0.717, 1.165) is 38.0 Å². The molecule has 1 saturated carbocycles. The standard InChI is InChI=1S/C18H33N3O/c1-15-12-19(13-17-6-4-3-5-7-17)14-18(15)21-10-8-20(9-11-21)16(2)22/h15,17-18H,3-14H2,1-2H3/t15-,18-/m1/s1. The number of amides is 1. The summed E-state index contributed by atoms with van der Waals surface area (Å²) in [5.74, 6) is 1.96. The monoisotopic (exact) mass is 307 g/mol. The quantitative estimate of drug-likeness (QED) is 0.798. The number of carbonyl (C=O) groups is 1. The third-order valence-electron chi connectivity index (χ3n) is 6.12. The molecule has 4 heteroatoms. The van der Waals surface area contributed by atoms with E-state index in [-0.39, 0.29) is 5.91 Å². The van der Waals surface area contributed by atoms with Crippen molar-refractivity contribution in [2.75, 3.05) is 45.8 Å². The van der Waals surface area contributed by atoms with Crippen LogP contribution in [-0.4, -0.2) is 72.5 Å². The fourth-order valence-corrected chi connectivity index (χ4v) is 4.78. The molecule has 0 radical (unpaired) electrons. The Bertz CT molecular complexity index is 373. The Kier molecular flexibility index (Phi) is 5.40. The van der Waals surface area contributed by atoms with E-state index in [1.165, 1.54) is 51.7 Å². The Labute approximate surface area is 135 Å². The average molecular weight is 307 g/mol. The van der Waals surface area contributed by atoms with E-state index in [4.69, 9.17) is 0 Å². The minimum Gasteiger partial charge on any atom is -0.340 e. The van der Waals surface area contributed by atoms with Crippen molar-refractivity contribution in [2.24, 2.45) is 11.8 Å². The fraction of sp³-hybridized carbons (Fsp3) is 0.944. The summed E-state index contributed by atoms with van der Waals surface area (Å²) in [7, 11) is 0. The van der Waals surface area contributed by atoms with Crippen LogP contribution in [0, 0.1) is 11.8 Å². The summed E-state index contributed by atoms with van der Waals surface area (Å²) in [5.41, 5.74) is 0. The van der Waals surface area contributed by atoms with Gasteiger partial charge in [0.05, 0.1) is 0 Å². The van der Waals surface area contributed by atoms with Crippen LogP contribution in [0.25, 0.3) is 0 Å². The van der Waals surface area contributed by atoms with Gasteiger partial charge in [0, 0.05) is 58.8 Å². The van der Waals surface area contributed by atoms with Crippen LogP contribution >= 0.6 is 0 Å². The van der Waals surface area contributed by atoms with E-state index in [1.54, 1.807) is 6.92 Å². The number of nitrogens with zero attached hydrogens (tertiary/aromatic N) is 3. The summed E-state index contributed by atoms with van der Waals surface area (Å²) in [5, 5.41) is 0. The van der Waals surface area contributed by atoms with Gasteiger partial charge in [-0.3, -0.25) is 9.69 Å². The van der Waals surface area contributed by atoms with E-state index >= 15 is 0 Å². The van der Waals surface area contributed by atoms with Gasteiger partial charge in [0.2, 0.25) is 5.91 Å². The molecule has 0 aromatic heterocycles. The smallest absolute Gasteiger partial charge is 0.219 e. The average Bonchev–Trinajstić information content (AvgIpc) is 2.89. The highest BCUT2D eigenvalue weighted by molar-refractivity contribution is 5.73. The number of carbonyl (C=O) groups excluding carboxylic acids is 1. The first kappa shape index (κ1) is 16.3. The van der Waals surface area contributed by atoms with Gasteiger partial charge in [0.1, 0.15) is 0 Å². The number of hydrogen-bond acceptors (Lipinski definition) is 3. The van der Waals surface area contributed by atoms with Crippen molar-refractivity contribution < 1.29 is 4.79 Å². The van der Waals surface area contributed by atoms with Gasteiger partial charge in [0.25, 0.3) is 0 Å². The topological polar surface area (TPSA) is 26.8 Å². The lowest BCUT2D eigenvalue weighted by Gasteiger charge is -2.39. The summed E-state index contributed by atoms with van der Waals surface area (Å²) < 4.78 is 0. The van der Waals surface area contributed by atoms with Gasteiger partial charge in [-0.25, -0.2) is 0 Å². The summed E-state index contributed by atoms with van der Waals surface area (Å²) in [6.45, 7) is 11.9. The molecule has 0 aromatic rings. The van der Waals surface area contributed by atoms with E-state index in [2.05, 4.69) is 16.7 Å². The third kappa shape index (κ3) is 3.83. The summed E-state index contributed by atoms with van der Waals surface area (Å²) >= 11 is 0. The number of hydrogen-bond donors (Lipinski definition) is 0. The zero-order valence-corrected chi connectivity index (χ0v) is 14.5. The van der Waals surface area contributed by atoms with Crippen molar-refractivity contribution in [1.82, 2.24) is 14.7 Å². The summed E-state index contributed by atoms with van der Waals surface area (Å²) in [6.07, 6.45) is 7.25. The molecular formula is C18H33N3O. The molecule has 3 rings (SSSR count). The second kappa shape index (κ2) is 7.31.